The third kappa shape index (κ3) is 4.21. The normalized spacial score (nSPS) is 13.3. The van der Waals surface area contributed by atoms with E-state index in [9.17, 15) is 4.79 Å². The maximum Gasteiger partial charge on any atom is 0.250 e. The van der Waals surface area contributed by atoms with Crippen LogP contribution in [-0.2, 0) is 11.2 Å². The first-order valence-electron chi connectivity index (χ1n) is 7.58. The Morgan fingerprint density at radius 2 is 2.33 bits per heavy atom. The topological polar surface area (TPSA) is 64.1 Å². The molecule has 1 aliphatic rings. The van der Waals surface area contributed by atoms with Crippen LogP contribution in [0.15, 0.2) is 35.9 Å². The summed E-state index contributed by atoms with van der Waals surface area (Å²) in [5.74, 6) is 0.547. The lowest BCUT2D eigenvalue weighted by Gasteiger charge is -2.16. The first kappa shape index (κ1) is 16.7. The van der Waals surface area contributed by atoms with Crippen molar-refractivity contribution in [3.05, 3.63) is 51.5 Å². The van der Waals surface area contributed by atoms with Crippen LogP contribution in [0.4, 0.5) is 5.13 Å². The molecule has 0 saturated heterocycles. The van der Waals surface area contributed by atoms with Crippen LogP contribution in [-0.4, -0.2) is 22.7 Å². The van der Waals surface area contributed by atoms with Gasteiger partial charge in [0.1, 0.15) is 17.4 Å². The minimum absolute atomic E-state index is 0.244. The number of aryl methyl sites for hydroxylation is 1. The van der Waals surface area contributed by atoms with Gasteiger partial charge in [0.05, 0.1) is 0 Å². The predicted molar refractivity (Wildman–Crippen MR) is 96.6 cm³/mol. The van der Waals surface area contributed by atoms with E-state index in [1.165, 1.54) is 17.4 Å². The smallest absolute Gasteiger partial charge is 0.250 e. The largest absolute Gasteiger partial charge is 0.488 e. The summed E-state index contributed by atoms with van der Waals surface area (Å²) in [5, 5.41) is 12.8. The molecule has 1 aliphatic heterocycles. The van der Waals surface area contributed by atoms with Crippen LogP contribution in [0.5, 0.6) is 5.75 Å². The molecule has 3 rings (SSSR count). The Labute approximate surface area is 149 Å². The molecule has 124 valence electrons. The molecule has 0 bridgehead atoms. The summed E-state index contributed by atoms with van der Waals surface area (Å²) in [7, 11) is 0. The van der Waals surface area contributed by atoms with E-state index >= 15 is 0 Å². The molecule has 0 spiro atoms. The lowest BCUT2D eigenvalue weighted by atomic mass is 10.1. The predicted octanol–water partition coefficient (Wildman–Crippen LogP) is 4.11. The molecule has 2 aromatic rings. The van der Waals surface area contributed by atoms with Crippen LogP contribution < -0.4 is 10.1 Å². The Bertz CT molecular complexity index is 814. The Morgan fingerprint density at radius 3 is 3.17 bits per heavy atom. The van der Waals surface area contributed by atoms with Gasteiger partial charge in [0, 0.05) is 23.1 Å². The Morgan fingerprint density at radius 1 is 1.46 bits per heavy atom. The van der Waals surface area contributed by atoms with Crippen molar-refractivity contribution in [2.75, 3.05) is 11.9 Å². The quantitative estimate of drug-likeness (QED) is 0.814. The van der Waals surface area contributed by atoms with Gasteiger partial charge in [-0.1, -0.05) is 35.9 Å². The molecule has 1 N–H and O–H groups in total. The monoisotopic (exact) mass is 361 g/mol. The van der Waals surface area contributed by atoms with Crippen molar-refractivity contribution >= 4 is 40.1 Å². The second kappa shape index (κ2) is 7.59. The number of anilines is 1. The third-order valence-corrected chi connectivity index (χ3v) is 4.45. The highest BCUT2D eigenvalue weighted by molar-refractivity contribution is 7.15. The van der Waals surface area contributed by atoms with Crippen molar-refractivity contribution in [2.24, 2.45) is 0 Å². The minimum atomic E-state index is -0.244. The van der Waals surface area contributed by atoms with Gasteiger partial charge in [-0.15, -0.1) is 10.2 Å². The van der Waals surface area contributed by atoms with E-state index in [0.717, 1.165) is 34.7 Å². The van der Waals surface area contributed by atoms with Gasteiger partial charge in [-0.2, -0.15) is 0 Å². The fourth-order valence-electron chi connectivity index (χ4n) is 2.21. The summed E-state index contributed by atoms with van der Waals surface area (Å²) < 4.78 is 5.64. The van der Waals surface area contributed by atoms with E-state index in [1.54, 1.807) is 12.1 Å². The van der Waals surface area contributed by atoms with Crippen LogP contribution in [0.3, 0.4) is 0 Å². The van der Waals surface area contributed by atoms with Crippen molar-refractivity contribution in [3.63, 3.8) is 0 Å². The maximum atomic E-state index is 12.0. The summed E-state index contributed by atoms with van der Waals surface area (Å²) in [6, 6.07) is 5.46. The lowest BCUT2D eigenvalue weighted by Crippen LogP contribution is -2.09. The van der Waals surface area contributed by atoms with E-state index in [4.69, 9.17) is 16.3 Å². The van der Waals surface area contributed by atoms with Crippen LogP contribution in [0, 0.1) is 0 Å². The average molecular weight is 362 g/mol. The molecule has 5 nitrogen and oxygen atoms in total. The number of halogens is 1. The van der Waals surface area contributed by atoms with Gasteiger partial charge >= 0.3 is 0 Å². The maximum absolute atomic E-state index is 12.0. The molecule has 0 radical (unpaired) electrons. The van der Waals surface area contributed by atoms with Crippen molar-refractivity contribution in [1.29, 1.82) is 0 Å². The molecule has 0 unspecified atom stereocenters. The van der Waals surface area contributed by atoms with Gasteiger partial charge < -0.3 is 4.74 Å². The molecule has 0 atom stereocenters. The zero-order chi connectivity index (χ0) is 16.9. The summed E-state index contributed by atoms with van der Waals surface area (Å²) in [6.07, 6.45) is 7.02. The molecule has 2 heterocycles. The van der Waals surface area contributed by atoms with E-state index in [0.29, 0.717) is 16.8 Å². The molecular formula is C17H16ClN3O2S. The molecule has 1 aromatic carbocycles. The Hall–Kier alpha value is -2.18. The lowest BCUT2D eigenvalue weighted by molar-refractivity contribution is -0.111. The van der Waals surface area contributed by atoms with Gasteiger partial charge in [0.25, 0.3) is 0 Å². The highest BCUT2D eigenvalue weighted by Gasteiger charge is 2.11. The number of hydrogen-bond donors (Lipinski definition) is 1. The zero-order valence-corrected chi connectivity index (χ0v) is 14.7. The average Bonchev–Trinajstić information content (AvgIpc) is 3.00. The molecule has 1 aromatic heterocycles. The highest BCUT2D eigenvalue weighted by Crippen LogP contribution is 2.29. The zero-order valence-electron chi connectivity index (χ0n) is 13.1. The van der Waals surface area contributed by atoms with Crippen LogP contribution in [0.2, 0.25) is 5.02 Å². The Balaban J connectivity index is 1.63. The number of ether oxygens (including phenoxy) is 1. The molecule has 0 aliphatic carbocycles. The first-order chi connectivity index (χ1) is 11.6. The van der Waals surface area contributed by atoms with E-state index < -0.39 is 0 Å². The number of aromatic nitrogens is 2. The van der Waals surface area contributed by atoms with E-state index in [2.05, 4.69) is 22.4 Å². The molecule has 0 saturated carbocycles. The number of hydrogen-bond acceptors (Lipinski definition) is 5. The SMILES string of the molecule is CCCc1nnc(NC(=O)/C=C/C2=Cc3cc(Cl)ccc3OC2)s1. The first-order valence-corrected chi connectivity index (χ1v) is 8.78. The van der Waals surface area contributed by atoms with Crippen LogP contribution in [0.1, 0.15) is 23.9 Å². The van der Waals surface area contributed by atoms with Crippen molar-refractivity contribution in [1.82, 2.24) is 10.2 Å². The fourth-order valence-corrected chi connectivity index (χ4v) is 3.24. The molecular weight excluding hydrogens is 346 g/mol. The number of nitrogens with zero attached hydrogens (tertiary/aromatic N) is 2. The van der Waals surface area contributed by atoms with Crippen LogP contribution in [0.25, 0.3) is 6.08 Å². The summed E-state index contributed by atoms with van der Waals surface area (Å²) >= 11 is 7.39. The second-order valence-corrected chi connectivity index (χ2v) is 6.76. The van der Waals surface area contributed by atoms with Gasteiger partial charge in [-0.25, -0.2) is 0 Å². The van der Waals surface area contributed by atoms with Gasteiger partial charge in [0.15, 0.2) is 0 Å². The highest BCUT2D eigenvalue weighted by atomic mass is 35.5. The number of nitrogens with one attached hydrogen (secondary N) is 1. The van der Waals surface area contributed by atoms with Gasteiger partial charge in [-0.05, 0) is 36.3 Å². The number of amides is 1. The number of fused-ring (bicyclic) bond motifs is 1. The van der Waals surface area contributed by atoms with Crippen molar-refractivity contribution < 1.29 is 9.53 Å². The summed E-state index contributed by atoms with van der Waals surface area (Å²) in [4.78, 5) is 12.0. The molecule has 1 amide bonds. The number of benzene rings is 1. The summed E-state index contributed by atoms with van der Waals surface area (Å²) in [6.45, 7) is 2.49. The number of carbonyl (C=O) groups excluding carboxylic acids is 1. The van der Waals surface area contributed by atoms with E-state index in [-0.39, 0.29) is 5.91 Å². The number of rotatable bonds is 5. The van der Waals surface area contributed by atoms with E-state index in [1.807, 2.05) is 18.2 Å². The van der Waals surface area contributed by atoms with Crippen LogP contribution >= 0.6 is 22.9 Å². The van der Waals surface area contributed by atoms with Crippen molar-refractivity contribution in [2.45, 2.75) is 19.8 Å². The third-order valence-electron chi connectivity index (χ3n) is 3.32. The standard InChI is InChI=1S/C17H16ClN3O2S/c1-2-3-16-20-21-17(24-16)19-15(22)7-4-11-8-12-9-13(18)5-6-14(12)23-10-11/h4-9H,2-3,10H2,1H3,(H,19,21,22)/b7-4+. The molecule has 24 heavy (non-hydrogen) atoms. The fraction of sp³-hybridized carbons (Fsp3) is 0.235. The minimum Gasteiger partial charge on any atom is -0.488 e. The van der Waals surface area contributed by atoms with Crippen molar-refractivity contribution in [3.8, 4) is 5.75 Å². The summed E-state index contributed by atoms with van der Waals surface area (Å²) in [5.41, 5.74) is 1.80. The number of carbonyl (C=O) groups is 1. The molecule has 7 heteroatoms. The molecule has 0 fully saturated rings. The second-order valence-electron chi connectivity index (χ2n) is 5.26. The van der Waals surface area contributed by atoms with Gasteiger partial charge in [0.2, 0.25) is 11.0 Å². The Kier molecular flexibility index (Phi) is 5.27. The van der Waals surface area contributed by atoms with Gasteiger partial charge in [-0.3, -0.25) is 10.1 Å².